The highest BCUT2D eigenvalue weighted by atomic mass is 35.7. The van der Waals surface area contributed by atoms with E-state index >= 15 is 0 Å². The summed E-state index contributed by atoms with van der Waals surface area (Å²) in [5, 5.41) is 0. The van der Waals surface area contributed by atoms with Crippen molar-refractivity contribution in [2.24, 2.45) is 0 Å². The summed E-state index contributed by atoms with van der Waals surface area (Å²) in [5.41, 5.74) is 0. The number of piperidine rings is 1. The molecule has 0 amide bonds. The molecular formula is C11H14ClNO4S2. The summed E-state index contributed by atoms with van der Waals surface area (Å²) >= 11 is 0. The van der Waals surface area contributed by atoms with Crippen LogP contribution >= 0.6 is 10.7 Å². The maximum absolute atomic E-state index is 12.4. The quantitative estimate of drug-likeness (QED) is 0.795. The van der Waals surface area contributed by atoms with E-state index in [4.69, 9.17) is 10.7 Å². The van der Waals surface area contributed by atoms with E-state index in [1.54, 1.807) is 0 Å². The first-order valence-corrected chi connectivity index (χ1v) is 9.62. The average molecular weight is 324 g/mol. The second-order valence-electron chi connectivity index (χ2n) is 4.38. The van der Waals surface area contributed by atoms with Crippen LogP contribution in [0.3, 0.4) is 0 Å². The zero-order valence-electron chi connectivity index (χ0n) is 10.1. The maximum Gasteiger partial charge on any atom is 0.261 e. The molecule has 0 radical (unpaired) electrons. The van der Waals surface area contributed by atoms with Crippen molar-refractivity contribution < 1.29 is 16.8 Å². The number of sulfonamides is 1. The molecule has 1 saturated heterocycles. The molecule has 1 aliphatic rings. The number of hydrogen-bond donors (Lipinski definition) is 0. The van der Waals surface area contributed by atoms with Crippen molar-refractivity contribution >= 4 is 29.8 Å². The van der Waals surface area contributed by atoms with Crippen LogP contribution in [0.4, 0.5) is 0 Å². The van der Waals surface area contributed by atoms with Gasteiger partial charge in [-0.15, -0.1) is 0 Å². The first-order valence-electron chi connectivity index (χ1n) is 5.87. The average Bonchev–Trinajstić information content (AvgIpc) is 2.39. The van der Waals surface area contributed by atoms with E-state index in [0.717, 1.165) is 25.3 Å². The molecule has 1 heterocycles. The first-order chi connectivity index (χ1) is 8.82. The summed E-state index contributed by atoms with van der Waals surface area (Å²) in [7, 11) is -2.33. The summed E-state index contributed by atoms with van der Waals surface area (Å²) in [6.07, 6.45) is 2.67. The third-order valence-corrected chi connectivity index (χ3v) is 6.29. The zero-order chi connectivity index (χ0) is 14.1. The molecule has 19 heavy (non-hydrogen) atoms. The van der Waals surface area contributed by atoms with Crippen molar-refractivity contribution in [1.82, 2.24) is 4.31 Å². The Balaban J connectivity index is 2.41. The largest absolute Gasteiger partial charge is 0.261 e. The monoisotopic (exact) mass is 323 g/mol. The van der Waals surface area contributed by atoms with E-state index in [9.17, 15) is 16.8 Å². The Morgan fingerprint density at radius 3 is 2.11 bits per heavy atom. The van der Waals surface area contributed by atoms with Crippen LogP contribution in [0.15, 0.2) is 34.1 Å². The van der Waals surface area contributed by atoms with E-state index in [-0.39, 0.29) is 9.79 Å². The van der Waals surface area contributed by atoms with Gasteiger partial charge in [0.1, 0.15) is 0 Å². The van der Waals surface area contributed by atoms with Gasteiger partial charge < -0.3 is 0 Å². The fourth-order valence-electron chi connectivity index (χ4n) is 2.04. The molecule has 1 fully saturated rings. The minimum absolute atomic E-state index is 0.0314. The van der Waals surface area contributed by atoms with Crippen molar-refractivity contribution in [3.63, 3.8) is 0 Å². The second-order valence-corrected chi connectivity index (χ2v) is 8.88. The highest BCUT2D eigenvalue weighted by molar-refractivity contribution is 8.13. The fraction of sp³-hybridized carbons (Fsp3) is 0.455. The Bertz CT molecular complexity index is 664. The number of hydrogen-bond acceptors (Lipinski definition) is 4. The molecule has 0 unspecified atom stereocenters. The van der Waals surface area contributed by atoms with Gasteiger partial charge >= 0.3 is 0 Å². The van der Waals surface area contributed by atoms with Gasteiger partial charge in [-0.25, -0.2) is 16.8 Å². The SMILES string of the molecule is O=S(=O)(Cl)c1cccc(S(=O)(=O)N2CCCCC2)c1. The van der Waals surface area contributed by atoms with E-state index in [1.165, 1.54) is 22.5 Å². The van der Waals surface area contributed by atoms with Crippen LogP contribution < -0.4 is 0 Å². The van der Waals surface area contributed by atoms with Gasteiger partial charge in [0.25, 0.3) is 9.05 Å². The molecule has 0 aromatic heterocycles. The smallest absolute Gasteiger partial charge is 0.207 e. The topological polar surface area (TPSA) is 71.5 Å². The van der Waals surface area contributed by atoms with Crippen molar-refractivity contribution in [3.05, 3.63) is 24.3 Å². The molecule has 0 aliphatic carbocycles. The summed E-state index contributed by atoms with van der Waals surface area (Å²) in [4.78, 5) is -0.233. The summed E-state index contributed by atoms with van der Waals surface area (Å²) in [6.45, 7) is 0.945. The minimum Gasteiger partial charge on any atom is -0.207 e. The number of nitrogens with zero attached hydrogens (tertiary/aromatic N) is 1. The van der Waals surface area contributed by atoms with Gasteiger partial charge in [0.05, 0.1) is 9.79 Å². The molecule has 1 aromatic carbocycles. The van der Waals surface area contributed by atoms with Crippen molar-refractivity contribution in [2.75, 3.05) is 13.1 Å². The lowest BCUT2D eigenvalue weighted by atomic mass is 10.2. The second kappa shape index (κ2) is 5.40. The van der Waals surface area contributed by atoms with Gasteiger partial charge in [-0.05, 0) is 31.0 Å². The summed E-state index contributed by atoms with van der Waals surface area (Å²) < 4.78 is 48.6. The molecular weight excluding hydrogens is 310 g/mol. The van der Waals surface area contributed by atoms with Gasteiger partial charge in [-0.3, -0.25) is 0 Å². The summed E-state index contributed by atoms with van der Waals surface area (Å²) in [5.74, 6) is 0. The third-order valence-electron chi connectivity index (χ3n) is 3.04. The van der Waals surface area contributed by atoms with E-state index in [0.29, 0.717) is 13.1 Å². The van der Waals surface area contributed by atoms with Crippen molar-refractivity contribution in [2.45, 2.75) is 29.1 Å². The van der Waals surface area contributed by atoms with Crippen molar-refractivity contribution in [3.8, 4) is 0 Å². The molecule has 0 atom stereocenters. The lowest BCUT2D eigenvalue weighted by Gasteiger charge is -2.25. The number of benzene rings is 1. The molecule has 0 saturated carbocycles. The molecule has 1 aliphatic heterocycles. The number of rotatable bonds is 3. The lowest BCUT2D eigenvalue weighted by Crippen LogP contribution is -2.35. The van der Waals surface area contributed by atoms with Crippen LogP contribution in [-0.4, -0.2) is 34.2 Å². The molecule has 0 bridgehead atoms. The maximum atomic E-state index is 12.4. The predicted molar refractivity (Wildman–Crippen MR) is 72.1 cm³/mol. The highest BCUT2D eigenvalue weighted by Crippen LogP contribution is 2.24. The van der Waals surface area contributed by atoms with Gasteiger partial charge in [-0.1, -0.05) is 12.5 Å². The van der Waals surface area contributed by atoms with Gasteiger partial charge in [0.15, 0.2) is 0 Å². The Morgan fingerprint density at radius 2 is 1.53 bits per heavy atom. The van der Waals surface area contributed by atoms with Crippen LogP contribution in [0.1, 0.15) is 19.3 Å². The molecule has 1 aromatic rings. The van der Waals surface area contributed by atoms with Gasteiger partial charge in [0.2, 0.25) is 10.0 Å². The Morgan fingerprint density at radius 1 is 0.947 bits per heavy atom. The molecule has 106 valence electrons. The molecule has 0 spiro atoms. The third kappa shape index (κ3) is 3.28. The summed E-state index contributed by atoms with van der Waals surface area (Å²) in [6, 6.07) is 5.14. The van der Waals surface area contributed by atoms with Gasteiger partial charge in [-0.2, -0.15) is 4.31 Å². The Labute approximate surface area is 117 Å². The standard InChI is InChI=1S/C11H14ClNO4S2/c12-18(14,15)10-5-4-6-11(9-10)19(16,17)13-7-2-1-3-8-13/h4-6,9H,1-3,7-8H2. The van der Waals surface area contributed by atoms with Crippen LogP contribution in [0.2, 0.25) is 0 Å². The van der Waals surface area contributed by atoms with E-state index in [1.807, 2.05) is 0 Å². The zero-order valence-corrected chi connectivity index (χ0v) is 12.5. The minimum atomic E-state index is -3.93. The highest BCUT2D eigenvalue weighted by Gasteiger charge is 2.26. The Kier molecular flexibility index (Phi) is 4.20. The van der Waals surface area contributed by atoms with Crippen LogP contribution in [-0.2, 0) is 19.1 Å². The van der Waals surface area contributed by atoms with Crippen LogP contribution in [0.5, 0.6) is 0 Å². The van der Waals surface area contributed by atoms with Crippen molar-refractivity contribution in [1.29, 1.82) is 0 Å². The molecule has 5 nitrogen and oxygen atoms in total. The van der Waals surface area contributed by atoms with Crippen LogP contribution in [0, 0.1) is 0 Å². The normalized spacial score (nSPS) is 18.4. The van der Waals surface area contributed by atoms with Gasteiger partial charge in [0, 0.05) is 23.8 Å². The number of halogens is 1. The van der Waals surface area contributed by atoms with E-state index < -0.39 is 19.1 Å². The van der Waals surface area contributed by atoms with Crippen LogP contribution in [0.25, 0.3) is 0 Å². The predicted octanol–water partition coefficient (Wildman–Crippen LogP) is 1.79. The molecule has 0 N–H and O–H groups in total. The molecule has 8 heteroatoms. The molecule has 2 rings (SSSR count). The Hall–Kier alpha value is -0.630. The first kappa shape index (κ1) is 14.8. The van der Waals surface area contributed by atoms with E-state index in [2.05, 4.69) is 0 Å². The fourth-order valence-corrected chi connectivity index (χ4v) is 4.48. The lowest BCUT2D eigenvalue weighted by molar-refractivity contribution is 0.346.